The zero-order valence-electron chi connectivity index (χ0n) is 32.3. The van der Waals surface area contributed by atoms with Crippen LogP contribution < -0.4 is 9.47 Å². The van der Waals surface area contributed by atoms with Crippen LogP contribution in [-0.2, 0) is 33.4 Å². The van der Waals surface area contributed by atoms with Crippen LogP contribution in [0, 0.1) is 22.7 Å². The minimum absolute atomic E-state index is 0.0553. The molecule has 8 unspecified atom stereocenters. The number of hydrogen-bond acceptors (Lipinski definition) is 12. The Morgan fingerprint density at radius 3 is 2.44 bits per heavy atom. The molecule has 55 heavy (non-hydrogen) atoms. The molecule has 0 saturated heterocycles. The van der Waals surface area contributed by atoms with Gasteiger partial charge in [0.15, 0.2) is 29.6 Å². The molecule has 300 valence electrons. The molecule has 0 heterocycles. The molecule has 0 radical (unpaired) electrons. The molecule has 2 N–H and O–H groups in total. The molecule has 1 aromatic carbocycles. The highest BCUT2D eigenvalue weighted by molar-refractivity contribution is 6.01. The normalized spacial score (nSPS) is 32.1. The Morgan fingerprint density at radius 2 is 1.73 bits per heavy atom. The molecule has 0 aliphatic heterocycles. The number of ketones is 2. The van der Waals surface area contributed by atoms with Gasteiger partial charge in [-0.05, 0) is 87.3 Å². The number of allylic oxidation sites excluding steroid dienone is 4. The average Bonchev–Trinajstić information content (AvgIpc) is 3.37. The third kappa shape index (κ3) is 7.61. The first kappa shape index (κ1) is 41.8. The Hall–Kier alpha value is -4.36. The summed E-state index contributed by atoms with van der Waals surface area (Å²) in [5, 5.41) is 23.6. The van der Waals surface area contributed by atoms with Gasteiger partial charge >= 0.3 is 18.1 Å². The van der Waals surface area contributed by atoms with Gasteiger partial charge in [-0.1, -0.05) is 57.7 Å². The summed E-state index contributed by atoms with van der Waals surface area (Å²) in [5.74, 6) is -4.03. The van der Waals surface area contributed by atoms with Crippen molar-refractivity contribution < 1.29 is 62.3 Å². The number of benzene rings is 1. The van der Waals surface area contributed by atoms with Crippen LogP contribution in [0.2, 0.25) is 0 Å². The Bertz CT molecular complexity index is 1750. The highest BCUT2D eigenvalue weighted by Crippen LogP contribution is 2.70. The van der Waals surface area contributed by atoms with E-state index in [-0.39, 0.29) is 43.0 Å². The van der Waals surface area contributed by atoms with Gasteiger partial charge in [-0.25, -0.2) is 14.0 Å². The lowest BCUT2D eigenvalue weighted by Crippen LogP contribution is -2.70. The summed E-state index contributed by atoms with van der Waals surface area (Å²) in [4.78, 5) is 65.0. The SMILES string of the molecule is CCCCCOC(=O)C=Cc1ccc(OC(=O)OCC(=O)C2(OC(=O)CCCC)C(O)CC3C4CCC5=CC(=O)C=CC5(C)C4(F)C(O)CC32C)c(OC)c1. The lowest BCUT2D eigenvalue weighted by molar-refractivity contribution is -0.231. The summed E-state index contributed by atoms with van der Waals surface area (Å²) in [5.41, 5.74) is -6.22. The summed E-state index contributed by atoms with van der Waals surface area (Å²) >= 11 is 0. The molecule has 8 atom stereocenters. The molecular weight excluding hydrogens is 715 g/mol. The molecular formula is C42H53FO12. The first-order valence-corrected chi connectivity index (χ1v) is 19.2. The molecule has 0 aromatic heterocycles. The smallest absolute Gasteiger partial charge is 0.493 e. The van der Waals surface area contributed by atoms with Crippen LogP contribution in [0.5, 0.6) is 11.5 Å². The fourth-order valence-electron chi connectivity index (χ4n) is 9.47. The van der Waals surface area contributed by atoms with E-state index in [0.717, 1.165) is 19.3 Å². The maximum atomic E-state index is 17.7. The molecule has 0 spiro atoms. The number of hydrogen-bond donors (Lipinski definition) is 2. The summed E-state index contributed by atoms with van der Waals surface area (Å²) in [7, 11) is 1.35. The molecule has 4 aliphatic carbocycles. The highest BCUT2D eigenvalue weighted by atomic mass is 19.1. The average molecular weight is 769 g/mol. The van der Waals surface area contributed by atoms with Crippen molar-refractivity contribution in [3.63, 3.8) is 0 Å². The number of fused-ring (bicyclic) bond motifs is 5. The van der Waals surface area contributed by atoms with Crippen molar-refractivity contribution in [3.05, 3.63) is 53.6 Å². The molecule has 0 amide bonds. The van der Waals surface area contributed by atoms with Crippen molar-refractivity contribution in [3.8, 4) is 11.5 Å². The molecule has 0 bridgehead atoms. The number of aliphatic hydroxyl groups is 2. The predicted molar refractivity (Wildman–Crippen MR) is 198 cm³/mol. The van der Waals surface area contributed by atoms with Crippen LogP contribution in [0.15, 0.2) is 48.1 Å². The molecule has 5 rings (SSSR count). The number of unbranched alkanes of at least 4 members (excludes halogenated alkanes) is 3. The minimum atomic E-state index is -2.29. The number of ether oxygens (including phenoxy) is 5. The van der Waals surface area contributed by atoms with E-state index in [1.165, 1.54) is 49.6 Å². The molecule has 4 aliphatic rings. The van der Waals surface area contributed by atoms with E-state index < -0.39 is 76.6 Å². The van der Waals surface area contributed by atoms with Gasteiger partial charge in [-0.2, -0.15) is 0 Å². The third-order valence-corrected chi connectivity index (χ3v) is 12.4. The van der Waals surface area contributed by atoms with Gasteiger partial charge in [-0.15, -0.1) is 0 Å². The zero-order chi connectivity index (χ0) is 40.2. The van der Waals surface area contributed by atoms with Crippen molar-refractivity contribution in [2.75, 3.05) is 20.3 Å². The van der Waals surface area contributed by atoms with Gasteiger partial charge < -0.3 is 33.9 Å². The van der Waals surface area contributed by atoms with Crippen LogP contribution in [0.1, 0.15) is 97.5 Å². The molecule has 3 saturated carbocycles. The summed E-state index contributed by atoms with van der Waals surface area (Å²) in [6.45, 7) is 6.53. The summed E-state index contributed by atoms with van der Waals surface area (Å²) in [6, 6.07) is 4.48. The monoisotopic (exact) mass is 768 g/mol. The van der Waals surface area contributed by atoms with E-state index in [9.17, 15) is 34.2 Å². The molecule has 1 aromatic rings. The van der Waals surface area contributed by atoms with Gasteiger partial charge in [0.2, 0.25) is 11.4 Å². The van der Waals surface area contributed by atoms with Crippen molar-refractivity contribution >= 4 is 35.7 Å². The maximum absolute atomic E-state index is 17.7. The first-order chi connectivity index (χ1) is 26.1. The van der Waals surface area contributed by atoms with Crippen molar-refractivity contribution in [2.45, 2.75) is 115 Å². The number of esters is 2. The molecule has 12 nitrogen and oxygen atoms in total. The minimum Gasteiger partial charge on any atom is -0.493 e. The maximum Gasteiger partial charge on any atom is 0.514 e. The Labute approximate surface area is 321 Å². The summed E-state index contributed by atoms with van der Waals surface area (Å²) < 4.78 is 44.9. The van der Waals surface area contributed by atoms with Crippen molar-refractivity contribution in [1.82, 2.24) is 0 Å². The van der Waals surface area contributed by atoms with E-state index in [1.54, 1.807) is 19.9 Å². The molecule has 3 fully saturated rings. The quantitative estimate of drug-likeness (QED) is 0.0668. The fourth-order valence-corrected chi connectivity index (χ4v) is 9.47. The number of carbonyl (C=O) groups is 5. The largest absolute Gasteiger partial charge is 0.514 e. The van der Waals surface area contributed by atoms with Crippen molar-refractivity contribution in [2.24, 2.45) is 22.7 Å². The number of carbonyl (C=O) groups excluding carboxylic acids is 5. The van der Waals surface area contributed by atoms with Gasteiger partial charge in [0.25, 0.3) is 0 Å². The predicted octanol–water partition coefficient (Wildman–Crippen LogP) is 6.34. The van der Waals surface area contributed by atoms with E-state index in [2.05, 4.69) is 0 Å². The van der Waals surface area contributed by atoms with Gasteiger partial charge in [-0.3, -0.25) is 14.4 Å². The standard InChI is InChI=1S/C42H53FO12/c1-6-8-10-20-52-36(48)17-13-26-12-16-31(32(21-26)51-5)54-38(50)53-25-35(47)42(55-37(49)11-9-7-2)33(45)23-30-29-15-14-27-22-28(44)18-19-39(27,3)41(29,43)34(46)24-40(30,42)4/h12-13,16-19,21-22,29-30,33-34,45-46H,6-11,14-15,20,23-25H2,1-5H3. The number of aliphatic hydroxyl groups excluding tert-OH is 2. The summed E-state index contributed by atoms with van der Waals surface area (Å²) in [6.07, 6.45) is 6.27. The Balaban J connectivity index is 1.35. The van der Waals surface area contributed by atoms with E-state index >= 15 is 4.39 Å². The molecule has 13 heteroatoms. The van der Waals surface area contributed by atoms with E-state index in [0.29, 0.717) is 37.0 Å². The van der Waals surface area contributed by atoms with Crippen LogP contribution in [-0.4, -0.2) is 83.7 Å². The second kappa shape index (κ2) is 16.8. The number of halogens is 1. The van der Waals surface area contributed by atoms with E-state index in [1.807, 2.05) is 13.8 Å². The Morgan fingerprint density at radius 1 is 0.982 bits per heavy atom. The van der Waals surface area contributed by atoms with E-state index in [4.69, 9.17) is 23.7 Å². The van der Waals surface area contributed by atoms with Crippen LogP contribution in [0.3, 0.4) is 0 Å². The second-order valence-electron chi connectivity index (χ2n) is 15.5. The number of alkyl halides is 1. The van der Waals surface area contributed by atoms with Crippen LogP contribution in [0.25, 0.3) is 6.08 Å². The van der Waals surface area contributed by atoms with Gasteiger partial charge in [0, 0.05) is 29.2 Å². The first-order valence-electron chi connectivity index (χ1n) is 19.2. The third-order valence-electron chi connectivity index (χ3n) is 12.4. The number of rotatable bonds is 15. The van der Waals surface area contributed by atoms with Gasteiger partial charge in [0.05, 0.1) is 19.8 Å². The topological polar surface area (TPSA) is 172 Å². The number of methoxy groups -OCH3 is 1. The lowest BCUT2D eigenvalue weighted by atomic mass is 9.44. The number of Topliss-reactive ketones (excluding diaryl/α,β-unsaturated/α-hetero) is 1. The second-order valence-corrected chi connectivity index (χ2v) is 15.5. The Kier molecular flexibility index (Phi) is 12.8. The fraction of sp³-hybridized carbons (Fsp3) is 0.595. The lowest BCUT2D eigenvalue weighted by Gasteiger charge is -2.62. The zero-order valence-corrected chi connectivity index (χ0v) is 32.3. The highest BCUT2D eigenvalue weighted by Gasteiger charge is 2.78. The van der Waals surface area contributed by atoms with Crippen molar-refractivity contribution in [1.29, 1.82) is 0 Å². The van der Waals surface area contributed by atoms with Gasteiger partial charge in [0.1, 0.15) is 6.10 Å². The van der Waals surface area contributed by atoms with Crippen LogP contribution in [0.4, 0.5) is 9.18 Å². The van der Waals surface area contributed by atoms with Crippen LogP contribution >= 0.6 is 0 Å².